The Bertz CT molecular complexity index is 715. The van der Waals surface area contributed by atoms with Gasteiger partial charge < -0.3 is 20.4 Å². The summed E-state index contributed by atoms with van der Waals surface area (Å²) < 4.78 is 29.2. The van der Waals surface area contributed by atoms with Crippen molar-refractivity contribution in [1.82, 2.24) is 19.8 Å². The number of carbonyl (C=O) groups is 1. The van der Waals surface area contributed by atoms with Crippen molar-refractivity contribution in [1.29, 1.82) is 0 Å². The fraction of sp³-hybridized carbons (Fsp3) is 0.375. The number of rotatable bonds is 5. The zero-order valence-corrected chi connectivity index (χ0v) is 13.5. The number of ether oxygens (including phenoxy) is 1. The van der Waals surface area contributed by atoms with Crippen molar-refractivity contribution in [2.24, 2.45) is 0 Å². The zero-order valence-electron chi connectivity index (χ0n) is 13.5. The summed E-state index contributed by atoms with van der Waals surface area (Å²) in [5.74, 6) is 0.473. The Labute approximate surface area is 143 Å². The summed E-state index contributed by atoms with van der Waals surface area (Å²) in [6.45, 7) is 0.231. The summed E-state index contributed by atoms with van der Waals surface area (Å²) in [6, 6.07) is 4.18. The van der Waals surface area contributed by atoms with Crippen molar-refractivity contribution in [3.63, 3.8) is 0 Å². The van der Waals surface area contributed by atoms with E-state index in [0.29, 0.717) is 32.7 Å². The first kappa shape index (κ1) is 17.2. The first-order chi connectivity index (χ1) is 12.0. The van der Waals surface area contributed by atoms with Crippen LogP contribution in [0.15, 0.2) is 30.6 Å². The number of halogens is 2. The maximum absolute atomic E-state index is 12.6. The maximum atomic E-state index is 12.6. The first-order valence-corrected chi connectivity index (χ1v) is 7.87. The predicted octanol–water partition coefficient (Wildman–Crippen LogP) is 1.55. The van der Waals surface area contributed by atoms with Gasteiger partial charge in [0.05, 0.1) is 12.2 Å². The van der Waals surface area contributed by atoms with Crippen LogP contribution in [0.2, 0.25) is 0 Å². The topological polar surface area (TPSA) is 87.5 Å². The third-order valence-corrected chi connectivity index (χ3v) is 4.06. The molecule has 0 aliphatic carbocycles. The van der Waals surface area contributed by atoms with Crippen LogP contribution in [0.4, 0.5) is 14.5 Å². The largest absolute Gasteiger partial charge is 0.433 e. The minimum atomic E-state index is -2.99. The molecular weight excluding hydrogens is 332 g/mol. The molecule has 9 heteroatoms. The smallest absolute Gasteiger partial charge is 0.387 e. The van der Waals surface area contributed by atoms with Crippen LogP contribution >= 0.6 is 0 Å². The third kappa shape index (κ3) is 4.24. The van der Waals surface area contributed by atoms with Crippen molar-refractivity contribution in [3.8, 4) is 5.75 Å². The standard InChI is InChI=1S/C16H19F2N5O2/c17-16(18)25-13-9-11(1-2-12(13)19)15(24)23-7-5-22(6-8-23)10-14-20-3-4-21-14/h1-4,9,16H,5-8,10,19H2,(H,20,21). The summed E-state index contributed by atoms with van der Waals surface area (Å²) in [7, 11) is 0. The van der Waals surface area contributed by atoms with Crippen LogP contribution in [-0.2, 0) is 6.54 Å². The van der Waals surface area contributed by atoms with Gasteiger partial charge in [-0.15, -0.1) is 0 Å². The van der Waals surface area contributed by atoms with E-state index in [9.17, 15) is 13.6 Å². The van der Waals surface area contributed by atoms with Crippen molar-refractivity contribution in [3.05, 3.63) is 42.0 Å². The number of benzene rings is 1. The Morgan fingerprint density at radius 1 is 1.32 bits per heavy atom. The van der Waals surface area contributed by atoms with E-state index in [1.807, 2.05) is 0 Å². The van der Waals surface area contributed by atoms with Crippen LogP contribution in [0.1, 0.15) is 16.2 Å². The van der Waals surface area contributed by atoms with Gasteiger partial charge in [-0.2, -0.15) is 8.78 Å². The number of piperazine rings is 1. The van der Waals surface area contributed by atoms with Gasteiger partial charge in [0.1, 0.15) is 11.6 Å². The van der Waals surface area contributed by atoms with E-state index in [1.54, 1.807) is 17.3 Å². The van der Waals surface area contributed by atoms with Crippen molar-refractivity contribution in [2.45, 2.75) is 13.2 Å². The number of nitrogens with zero attached hydrogens (tertiary/aromatic N) is 3. The van der Waals surface area contributed by atoms with E-state index in [1.165, 1.54) is 18.2 Å². The fourth-order valence-corrected chi connectivity index (χ4v) is 2.75. The SMILES string of the molecule is Nc1ccc(C(=O)N2CCN(Cc3ncc[nH]3)CC2)cc1OC(F)F. The molecule has 1 amide bonds. The monoisotopic (exact) mass is 351 g/mol. The quantitative estimate of drug-likeness (QED) is 0.798. The Balaban J connectivity index is 1.60. The van der Waals surface area contributed by atoms with Crippen LogP contribution < -0.4 is 10.5 Å². The second kappa shape index (κ2) is 7.47. The van der Waals surface area contributed by atoms with Crippen LogP contribution in [0.3, 0.4) is 0 Å². The molecule has 1 aromatic carbocycles. The molecule has 25 heavy (non-hydrogen) atoms. The van der Waals surface area contributed by atoms with Gasteiger partial charge in [-0.05, 0) is 18.2 Å². The number of H-pyrrole nitrogens is 1. The molecule has 7 nitrogen and oxygen atoms in total. The van der Waals surface area contributed by atoms with Gasteiger partial charge in [0.25, 0.3) is 5.91 Å². The highest BCUT2D eigenvalue weighted by atomic mass is 19.3. The number of hydrogen-bond acceptors (Lipinski definition) is 5. The minimum Gasteiger partial charge on any atom is -0.433 e. The van der Waals surface area contributed by atoms with Crippen molar-refractivity contribution in [2.75, 3.05) is 31.9 Å². The van der Waals surface area contributed by atoms with E-state index in [0.717, 1.165) is 5.82 Å². The molecular formula is C16H19F2N5O2. The second-order valence-electron chi connectivity index (χ2n) is 5.74. The van der Waals surface area contributed by atoms with Gasteiger partial charge in [0.15, 0.2) is 0 Å². The van der Waals surface area contributed by atoms with E-state index in [-0.39, 0.29) is 22.9 Å². The zero-order chi connectivity index (χ0) is 17.8. The number of aromatic nitrogens is 2. The number of amides is 1. The van der Waals surface area contributed by atoms with Crippen LogP contribution in [0.5, 0.6) is 5.75 Å². The molecule has 134 valence electrons. The summed E-state index contributed by atoms with van der Waals surface area (Å²) in [5, 5.41) is 0. The van der Waals surface area contributed by atoms with Gasteiger partial charge >= 0.3 is 6.61 Å². The van der Waals surface area contributed by atoms with Crippen LogP contribution in [0.25, 0.3) is 0 Å². The highest BCUT2D eigenvalue weighted by Gasteiger charge is 2.23. The molecule has 0 saturated carbocycles. The summed E-state index contributed by atoms with van der Waals surface area (Å²) in [6.07, 6.45) is 3.48. The number of imidazole rings is 1. The van der Waals surface area contributed by atoms with Gasteiger partial charge in [0.2, 0.25) is 0 Å². The predicted molar refractivity (Wildman–Crippen MR) is 87.3 cm³/mol. The number of alkyl halides is 2. The van der Waals surface area contributed by atoms with Gasteiger partial charge in [0, 0.05) is 44.1 Å². The van der Waals surface area contributed by atoms with E-state index in [4.69, 9.17) is 5.73 Å². The molecule has 1 aromatic heterocycles. The molecule has 3 N–H and O–H groups in total. The molecule has 3 rings (SSSR count). The number of hydrogen-bond donors (Lipinski definition) is 2. The van der Waals surface area contributed by atoms with Crippen molar-refractivity contribution >= 4 is 11.6 Å². The van der Waals surface area contributed by atoms with Gasteiger partial charge in [-0.25, -0.2) is 4.98 Å². The normalized spacial score (nSPS) is 15.6. The Morgan fingerprint density at radius 2 is 2.08 bits per heavy atom. The van der Waals surface area contributed by atoms with Gasteiger partial charge in [-0.1, -0.05) is 0 Å². The number of carbonyl (C=O) groups excluding carboxylic acids is 1. The molecule has 0 bridgehead atoms. The molecule has 1 aliphatic rings. The lowest BCUT2D eigenvalue weighted by Crippen LogP contribution is -2.48. The lowest BCUT2D eigenvalue weighted by Gasteiger charge is -2.34. The third-order valence-electron chi connectivity index (χ3n) is 4.06. The number of anilines is 1. The van der Waals surface area contributed by atoms with Gasteiger partial charge in [-0.3, -0.25) is 9.69 Å². The Morgan fingerprint density at radius 3 is 2.72 bits per heavy atom. The van der Waals surface area contributed by atoms with E-state index in [2.05, 4.69) is 19.6 Å². The Kier molecular flexibility index (Phi) is 5.13. The minimum absolute atomic E-state index is 0.0696. The molecule has 1 saturated heterocycles. The Hall–Kier alpha value is -2.68. The molecule has 1 fully saturated rings. The molecule has 2 heterocycles. The lowest BCUT2D eigenvalue weighted by atomic mass is 10.1. The average molecular weight is 351 g/mol. The summed E-state index contributed by atoms with van der Waals surface area (Å²) in [5.41, 5.74) is 5.95. The lowest BCUT2D eigenvalue weighted by molar-refractivity contribution is -0.0493. The van der Waals surface area contributed by atoms with E-state index >= 15 is 0 Å². The highest BCUT2D eigenvalue weighted by molar-refractivity contribution is 5.95. The van der Waals surface area contributed by atoms with Crippen LogP contribution in [-0.4, -0.2) is 58.5 Å². The summed E-state index contributed by atoms with van der Waals surface area (Å²) in [4.78, 5) is 23.7. The molecule has 2 aromatic rings. The maximum Gasteiger partial charge on any atom is 0.387 e. The second-order valence-corrected chi connectivity index (χ2v) is 5.74. The number of aromatic amines is 1. The first-order valence-electron chi connectivity index (χ1n) is 7.87. The van der Waals surface area contributed by atoms with E-state index < -0.39 is 6.61 Å². The highest BCUT2D eigenvalue weighted by Crippen LogP contribution is 2.25. The summed E-state index contributed by atoms with van der Waals surface area (Å²) >= 11 is 0. The molecule has 0 spiro atoms. The van der Waals surface area contributed by atoms with Crippen LogP contribution in [0, 0.1) is 0 Å². The number of nitrogens with two attached hydrogens (primary N) is 1. The fourth-order valence-electron chi connectivity index (χ4n) is 2.75. The average Bonchev–Trinajstić information content (AvgIpc) is 3.09. The molecule has 0 unspecified atom stereocenters. The van der Waals surface area contributed by atoms with Crippen molar-refractivity contribution < 1.29 is 18.3 Å². The molecule has 1 aliphatic heterocycles. The number of nitrogen functional groups attached to an aromatic ring is 1. The molecule has 0 radical (unpaired) electrons. The number of nitrogens with one attached hydrogen (secondary N) is 1. The molecule has 0 atom stereocenters.